The van der Waals surface area contributed by atoms with Crippen LogP contribution in [0.3, 0.4) is 0 Å². The molecular weight excluding hydrogens is 274 g/mol. The Bertz CT molecular complexity index is 190. The van der Waals surface area contributed by atoms with E-state index in [1.165, 1.54) is 0 Å². The summed E-state index contributed by atoms with van der Waals surface area (Å²) in [5.41, 5.74) is -15.5. The first-order valence-electron chi connectivity index (χ1n) is 3.67. The van der Waals surface area contributed by atoms with E-state index in [1.54, 1.807) is 0 Å². The fraction of sp³-hybridized carbons (Fsp3) is 1.00. The highest BCUT2D eigenvalue weighted by atomic mass is 31.1. The molecule has 0 saturated heterocycles. The summed E-state index contributed by atoms with van der Waals surface area (Å²) in [5, 5.41) is 0. The highest BCUT2D eigenvalue weighted by Crippen LogP contribution is 2.71. The summed E-state index contributed by atoms with van der Waals surface area (Å²) in [6.45, 7) is -8.49. The molecule has 98 valence electrons. The molecule has 0 aliphatic heterocycles. The van der Waals surface area contributed by atoms with E-state index in [1.807, 2.05) is 0 Å². The summed E-state index contributed by atoms with van der Waals surface area (Å²) >= 11 is 0. The van der Waals surface area contributed by atoms with Crippen molar-refractivity contribution in [2.45, 2.75) is 17.0 Å². The van der Waals surface area contributed by atoms with E-state index >= 15 is 0 Å². The molecule has 0 aromatic carbocycles. The minimum Gasteiger partial charge on any atom is -0.244 e. The Morgan fingerprint density at radius 3 is 0.875 bits per heavy atom. The van der Waals surface area contributed by atoms with Gasteiger partial charge in [0.15, 0.2) is 20.0 Å². The number of rotatable bonds is 6. The third kappa shape index (κ3) is 3.15. The van der Waals surface area contributed by atoms with Gasteiger partial charge >= 0.3 is 17.0 Å². The van der Waals surface area contributed by atoms with Crippen LogP contribution in [0.25, 0.3) is 0 Å². The molecule has 0 aromatic heterocycles. The SMILES string of the molecule is FCC(F)(F)P(C(F)(F)CF)C(F)(F)CF. The third-order valence-electron chi connectivity index (χ3n) is 1.46. The molecule has 0 unspecified atom stereocenters. The lowest BCUT2D eigenvalue weighted by molar-refractivity contribution is -0.0132. The van der Waals surface area contributed by atoms with Crippen molar-refractivity contribution < 1.29 is 39.5 Å². The zero-order valence-corrected chi connectivity index (χ0v) is 8.36. The van der Waals surface area contributed by atoms with E-state index in [9.17, 15) is 39.5 Å². The normalized spacial score (nSPS) is 14.6. The molecule has 0 N–H and O–H groups in total. The monoisotopic (exact) mass is 280 g/mol. The van der Waals surface area contributed by atoms with Crippen molar-refractivity contribution in [3.05, 3.63) is 0 Å². The minimum absolute atomic E-state index is 2.83. The average molecular weight is 280 g/mol. The Labute approximate surface area is 85.6 Å². The molecule has 0 aliphatic carbocycles. The van der Waals surface area contributed by atoms with Crippen LogP contribution in [0.1, 0.15) is 0 Å². The number of hydrogen-bond donors (Lipinski definition) is 0. The quantitative estimate of drug-likeness (QED) is 0.506. The summed E-state index contributed by atoms with van der Waals surface area (Å²) < 4.78 is 110. The lowest BCUT2D eigenvalue weighted by Gasteiger charge is -2.34. The maximum Gasteiger partial charge on any atom is 0.304 e. The molecule has 0 heterocycles. The molecule has 0 nitrogen and oxygen atoms in total. The largest absolute Gasteiger partial charge is 0.304 e. The van der Waals surface area contributed by atoms with Crippen molar-refractivity contribution >= 4 is 7.92 Å². The van der Waals surface area contributed by atoms with Crippen molar-refractivity contribution in [2.75, 3.05) is 20.0 Å². The molecule has 0 rings (SSSR count). The molecule has 0 fully saturated rings. The fourth-order valence-corrected chi connectivity index (χ4v) is 2.69. The highest BCUT2D eigenvalue weighted by molar-refractivity contribution is 7.61. The van der Waals surface area contributed by atoms with Crippen LogP contribution in [-0.2, 0) is 0 Å². The molecule has 0 aromatic rings. The van der Waals surface area contributed by atoms with Crippen LogP contribution in [0.2, 0.25) is 0 Å². The second-order valence-electron chi connectivity index (χ2n) is 2.73. The van der Waals surface area contributed by atoms with Crippen LogP contribution in [0.15, 0.2) is 0 Å². The summed E-state index contributed by atoms with van der Waals surface area (Å²) in [4.78, 5) is 0. The van der Waals surface area contributed by atoms with Gasteiger partial charge in [-0.3, -0.25) is 0 Å². The summed E-state index contributed by atoms with van der Waals surface area (Å²) in [7, 11) is -5.12. The lowest BCUT2D eigenvalue weighted by Crippen LogP contribution is -2.39. The smallest absolute Gasteiger partial charge is 0.244 e. The molecule has 0 amide bonds. The van der Waals surface area contributed by atoms with Gasteiger partial charge in [0.2, 0.25) is 0 Å². The van der Waals surface area contributed by atoms with Crippen LogP contribution in [-0.4, -0.2) is 37.0 Å². The van der Waals surface area contributed by atoms with Crippen molar-refractivity contribution in [3.8, 4) is 0 Å². The van der Waals surface area contributed by atoms with Crippen molar-refractivity contribution in [1.82, 2.24) is 0 Å². The van der Waals surface area contributed by atoms with Gasteiger partial charge in [-0.05, 0) is 0 Å². The van der Waals surface area contributed by atoms with E-state index in [2.05, 4.69) is 0 Å². The van der Waals surface area contributed by atoms with E-state index < -0.39 is 44.9 Å². The fourth-order valence-electron chi connectivity index (χ4n) is 0.897. The second-order valence-corrected chi connectivity index (χ2v) is 5.37. The van der Waals surface area contributed by atoms with Gasteiger partial charge in [-0.1, -0.05) is 0 Å². The maximum absolute atomic E-state index is 12.5. The molecule has 0 spiro atoms. The number of hydrogen-bond acceptors (Lipinski definition) is 0. The number of halogens is 9. The molecule has 0 bridgehead atoms. The van der Waals surface area contributed by atoms with Crippen LogP contribution in [0, 0.1) is 0 Å². The maximum atomic E-state index is 12.5. The first-order chi connectivity index (χ1) is 7.05. The predicted octanol–water partition coefficient (Wildman–Crippen LogP) is 4.16. The first kappa shape index (κ1) is 15.8. The Balaban J connectivity index is 5.40. The minimum atomic E-state index is -5.15. The van der Waals surface area contributed by atoms with Crippen LogP contribution >= 0.6 is 7.92 Å². The summed E-state index contributed by atoms with van der Waals surface area (Å²) in [5.74, 6) is 0. The highest BCUT2D eigenvalue weighted by Gasteiger charge is 2.66. The van der Waals surface area contributed by atoms with Gasteiger partial charge in [-0.2, -0.15) is 26.3 Å². The van der Waals surface area contributed by atoms with Crippen molar-refractivity contribution in [1.29, 1.82) is 0 Å². The second kappa shape index (κ2) is 4.98. The van der Waals surface area contributed by atoms with Crippen LogP contribution in [0.5, 0.6) is 0 Å². The first-order valence-corrected chi connectivity index (χ1v) is 5.01. The number of alkyl halides is 9. The molecule has 0 atom stereocenters. The van der Waals surface area contributed by atoms with E-state index in [4.69, 9.17) is 0 Å². The van der Waals surface area contributed by atoms with Gasteiger partial charge in [0, 0.05) is 0 Å². The lowest BCUT2D eigenvalue weighted by atomic mass is 10.7. The van der Waals surface area contributed by atoms with Gasteiger partial charge in [0.05, 0.1) is 0 Å². The zero-order chi connectivity index (χ0) is 13.2. The standard InChI is InChI=1S/C6H6F9P/c7-1-4(10,11)16(5(12,13)2-8)6(14,15)3-9/h1-3H2. The third-order valence-corrected chi connectivity index (χ3v) is 3.79. The molecular formula is C6H6F9P. The summed E-state index contributed by atoms with van der Waals surface area (Å²) in [6.07, 6.45) is 0. The molecule has 10 heteroatoms. The average Bonchev–Trinajstić information content (AvgIpc) is 2.16. The Hall–Kier alpha value is -0.200. The van der Waals surface area contributed by atoms with Gasteiger partial charge < -0.3 is 0 Å². The molecule has 0 aliphatic rings. The topological polar surface area (TPSA) is 0 Å². The van der Waals surface area contributed by atoms with Crippen LogP contribution < -0.4 is 0 Å². The van der Waals surface area contributed by atoms with E-state index in [0.29, 0.717) is 0 Å². The zero-order valence-electron chi connectivity index (χ0n) is 7.47. The molecule has 0 saturated carbocycles. The Morgan fingerprint density at radius 1 is 0.562 bits per heavy atom. The van der Waals surface area contributed by atoms with Crippen molar-refractivity contribution in [2.24, 2.45) is 0 Å². The van der Waals surface area contributed by atoms with Crippen molar-refractivity contribution in [3.63, 3.8) is 0 Å². The van der Waals surface area contributed by atoms with Gasteiger partial charge in [-0.15, -0.1) is 0 Å². The predicted molar refractivity (Wildman–Crippen MR) is 39.7 cm³/mol. The van der Waals surface area contributed by atoms with E-state index in [-0.39, 0.29) is 0 Å². The van der Waals surface area contributed by atoms with Gasteiger partial charge in [0.25, 0.3) is 0 Å². The molecule has 16 heavy (non-hydrogen) atoms. The summed E-state index contributed by atoms with van der Waals surface area (Å²) in [6, 6.07) is 0. The Kier molecular flexibility index (Phi) is 4.91. The van der Waals surface area contributed by atoms with Crippen LogP contribution in [0.4, 0.5) is 39.5 Å². The Morgan fingerprint density at radius 2 is 0.750 bits per heavy atom. The van der Waals surface area contributed by atoms with Gasteiger partial charge in [0.1, 0.15) is 7.92 Å². The molecule has 0 radical (unpaired) electrons. The van der Waals surface area contributed by atoms with E-state index in [0.717, 1.165) is 0 Å². The van der Waals surface area contributed by atoms with Gasteiger partial charge in [-0.25, -0.2) is 13.2 Å².